The second kappa shape index (κ2) is 9.03. The van der Waals surface area contributed by atoms with Gasteiger partial charge in [-0.3, -0.25) is 14.9 Å². The molecule has 0 saturated carbocycles. The number of non-ortho nitro benzene ring substituents is 1. The number of halogens is 1. The van der Waals surface area contributed by atoms with Gasteiger partial charge in [0, 0.05) is 23.6 Å². The summed E-state index contributed by atoms with van der Waals surface area (Å²) in [5.41, 5.74) is 1.18. The van der Waals surface area contributed by atoms with E-state index < -0.39 is 29.4 Å². The summed E-state index contributed by atoms with van der Waals surface area (Å²) in [6.07, 6.45) is 1.90. The van der Waals surface area contributed by atoms with E-state index in [1.807, 2.05) is 0 Å². The number of nitro benzene ring substituents is 1. The molecule has 4 rings (SSSR count). The average molecular weight is 454 g/mol. The zero-order chi connectivity index (χ0) is 22.7. The summed E-state index contributed by atoms with van der Waals surface area (Å²) < 4.78 is 10.6. The van der Waals surface area contributed by atoms with Gasteiger partial charge >= 0.3 is 5.97 Å². The zero-order valence-corrected chi connectivity index (χ0v) is 17.3. The smallest absolute Gasteiger partial charge is 0.338 e. The highest BCUT2D eigenvalue weighted by molar-refractivity contribution is 6.30. The fourth-order valence-corrected chi connectivity index (χ4v) is 3.41. The van der Waals surface area contributed by atoms with Gasteiger partial charge in [-0.15, -0.1) is 0 Å². The molecule has 0 bridgehead atoms. The molecule has 0 N–H and O–H groups in total. The molecule has 1 aromatic heterocycles. The number of nitro groups is 1. The van der Waals surface area contributed by atoms with Crippen LogP contribution in [0.1, 0.15) is 34.1 Å². The van der Waals surface area contributed by atoms with Gasteiger partial charge in [0.05, 0.1) is 22.5 Å². The Hall–Kier alpha value is -3.98. The van der Waals surface area contributed by atoms with Crippen molar-refractivity contribution in [1.29, 1.82) is 0 Å². The van der Waals surface area contributed by atoms with E-state index in [9.17, 15) is 19.7 Å². The number of hydrazone groups is 1. The van der Waals surface area contributed by atoms with Gasteiger partial charge in [-0.2, -0.15) is 5.10 Å². The summed E-state index contributed by atoms with van der Waals surface area (Å²) in [6, 6.07) is 15.1. The fourth-order valence-electron chi connectivity index (χ4n) is 3.28. The Morgan fingerprint density at radius 3 is 2.66 bits per heavy atom. The van der Waals surface area contributed by atoms with Crippen molar-refractivity contribution in [3.63, 3.8) is 0 Å². The summed E-state index contributed by atoms with van der Waals surface area (Å²) in [4.78, 5) is 35.4. The van der Waals surface area contributed by atoms with E-state index in [0.717, 1.165) is 11.6 Å². The largest absolute Gasteiger partial charge is 0.467 e. The molecule has 0 spiro atoms. The lowest BCUT2D eigenvalue weighted by atomic mass is 10.0. The van der Waals surface area contributed by atoms with Crippen LogP contribution in [-0.2, 0) is 9.53 Å². The Balaban J connectivity index is 1.50. The Bertz CT molecular complexity index is 1190. The molecule has 32 heavy (non-hydrogen) atoms. The Kier molecular flexibility index (Phi) is 6.00. The highest BCUT2D eigenvalue weighted by atomic mass is 35.5. The van der Waals surface area contributed by atoms with Crippen LogP contribution in [0.4, 0.5) is 5.69 Å². The van der Waals surface area contributed by atoms with Crippen molar-refractivity contribution in [2.75, 3.05) is 6.61 Å². The summed E-state index contributed by atoms with van der Waals surface area (Å²) in [5, 5.41) is 17.1. The van der Waals surface area contributed by atoms with Crippen LogP contribution in [0.5, 0.6) is 0 Å². The second-order valence-corrected chi connectivity index (χ2v) is 7.35. The predicted octanol–water partition coefficient (Wildman–Crippen LogP) is 4.38. The van der Waals surface area contributed by atoms with Crippen molar-refractivity contribution in [3.05, 3.63) is 99.0 Å². The number of furan rings is 1. The Labute approximate surface area is 187 Å². The topological polar surface area (TPSA) is 115 Å². The van der Waals surface area contributed by atoms with Crippen LogP contribution in [0, 0.1) is 10.1 Å². The summed E-state index contributed by atoms with van der Waals surface area (Å²) >= 11 is 5.95. The van der Waals surface area contributed by atoms with Crippen LogP contribution in [0.2, 0.25) is 5.02 Å². The molecule has 3 aromatic rings. The van der Waals surface area contributed by atoms with Crippen molar-refractivity contribution in [2.45, 2.75) is 12.5 Å². The van der Waals surface area contributed by atoms with E-state index in [4.69, 9.17) is 20.8 Å². The molecule has 2 heterocycles. The first-order valence-electron chi connectivity index (χ1n) is 9.53. The molecule has 1 atom stereocenters. The predicted molar refractivity (Wildman–Crippen MR) is 114 cm³/mol. The molecule has 162 valence electrons. The van der Waals surface area contributed by atoms with E-state index >= 15 is 0 Å². The maximum absolute atomic E-state index is 12.9. The number of ether oxygens (including phenoxy) is 1. The monoisotopic (exact) mass is 453 g/mol. The third-order valence-corrected chi connectivity index (χ3v) is 5.09. The van der Waals surface area contributed by atoms with Crippen molar-refractivity contribution in [1.82, 2.24) is 5.01 Å². The number of hydrogen-bond acceptors (Lipinski definition) is 7. The maximum atomic E-state index is 12.9. The molecule has 0 aliphatic carbocycles. The van der Waals surface area contributed by atoms with E-state index in [1.54, 1.807) is 36.4 Å². The highest BCUT2D eigenvalue weighted by Crippen LogP contribution is 2.33. The first-order chi connectivity index (χ1) is 15.4. The molecule has 10 heteroatoms. The van der Waals surface area contributed by atoms with Crippen molar-refractivity contribution < 1.29 is 23.7 Å². The van der Waals surface area contributed by atoms with Crippen LogP contribution in [-0.4, -0.2) is 34.1 Å². The van der Waals surface area contributed by atoms with E-state index in [2.05, 4.69) is 5.10 Å². The fraction of sp³-hybridized carbons (Fsp3) is 0.136. The third-order valence-electron chi connectivity index (χ3n) is 4.83. The van der Waals surface area contributed by atoms with Gasteiger partial charge < -0.3 is 9.15 Å². The molecule has 2 aromatic carbocycles. The van der Waals surface area contributed by atoms with Crippen LogP contribution < -0.4 is 0 Å². The number of rotatable bonds is 6. The lowest BCUT2D eigenvalue weighted by Crippen LogP contribution is -2.31. The molecule has 9 nitrogen and oxygen atoms in total. The minimum atomic E-state index is -0.849. The van der Waals surface area contributed by atoms with Crippen LogP contribution in [0.3, 0.4) is 0 Å². The third kappa shape index (κ3) is 4.52. The van der Waals surface area contributed by atoms with Crippen LogP contribution in [0.25, 0.3) is 0 Å². The SMILES string of the molecule is O=C(OCC(=O)N1N=C(c2ccc(Cl)cc2)C[C@@H]1c1ccco1)c1cccc([N+](=O)[O-])c1. The minimum absolute atomic E-state index is 0.0265. The lowest BCUT2D eigenvalue weighted by Gasteiger charge is -2.19. The van der Waals surface area contributed by atoms with Crippen LogP contribution >= 0.6 is 11.6 Å². The molecule has 1 amide bonds. The van der Waals surface area contributed by atoms with Gasteiger partial charge in [-0.25, -0.2) is 9.80 Å². The van der Waals surface area contributed by atoms with E-state index in [0.29, 0.717) is 22.9 Å². The summed E-state index contributed by atoms with van der Waals surface area (Å²) in [6.45, 7) is -0.587. The van der Waals surface area contributed by atoms with Gasteiger partial charge in [0.1, 0.15) is 11.8 Å². The maximum Gasteiger partial charge on any atom is 0.338 e. The summed E-state index contributed by atoms with van der Waals surface area (Å²) in [7, 11) is 0. The van der Waals surface area contributed by atoms with E-state index in [-0.39, 0.29) is 11.3 Å². The standard InChI is InChI=1S/C22H16ClN3O6/c23-16-8-6-14(7-9-16)18-12-19(20-5-2-10-31-20)25(24-18)21(27)13-32-22(28)15-3-1-4-17(11-15)26(29)30/h1-11,19H,12-13H2/t19-/m1/s1. The van der Waals surface area contributed by atoms with Crippen molar-refractivity contribution in [3.8, 4) is 0 Å². The van der Waals surface area contributed by atoms with Gasteiger partial charge in [-0.1, -0.05) is 29.8 Å². The number of hydrogen-bond donors (Lipinski definition) is 0. The molecule has 1 aliphatic heterocycles. The van der Waals surface area contributed by atoms with Gasteiger partial charge in [0.15, 0.2) is 6.61 Å². The molecular weight excluding hydrogens is 438 g/mol. The minimum Gasteiger partial charge on any atom is -0.467 e. The average Bonchev–Trinajstić information content (AvgIpc) is 3.48. The van der Waals surface area contributed by atoms with Gasteiger partial charge in [-0.05, 0) is 35.9 Å². The molecule has 0 radical (unpaired) electrons. The highest BCUT2D eigenvalue weighted by Gasteiger charge is 2.35. The molecule has 0 unspecified atom stereocenters. The number of carbonyl (C=O) groups excluding carboxylic acids is 2. The number of nitrogens with zero attached hydrogens (tertiary/aromatic N) is 3. The number of amides is 1. The van der Waals surface area contributed by atoms with E-state index in [1.165, 1.54) is 29.5 Å². The zero-order valence-electron chi connectivity index (χ0n) is 16.5. The molecular formula is C22H16ClN3O6. The number of esters is 1. The first-order valence-corrected chi connectivity index (χ1v) is 9.90. The Morgan fingerprint density at radius 2 is 1.97 bits per heavy atom. The normalized spacial score (nSPS) is 15.3. The quantitative estimate of drug-likeness (QED) is 0.311. The molecule has 0 saturated heterocycles. The summed E-state index contributed by atoms with van der Waals surface area (Å²) in [5.74, 6) is -0.872. The Morgan fingerprint density at radius 1 is 1.19 bits per heavy atom. The number of carbonyl (C=O) groups is 2. The van der Waals surface area contributed by atoms with Gasteiger partial charge in [0.2, 0.25) is 0 Å². The van der Waals surface area contributed by atoms with Gasteiger partial charge in [0.25, 0.3) is 11.6 Å². The second-order valence-electron chi connectivity index (χ2n) is 6.91. The van der Waals surface area contributed by atoms with Crippen molar-refractivity contribution >= 4 is 34.9 Å². The molecule has 1 aliphatic rings. The lowest BCUT2D eigenvalue weighted by molar-refractivity contribution is -0.384. The number of benzene rings is 2. The van der Waals surface area contributed by atoms with Crippen molar-refractivity contribution in [2.24, 2.45) is 5.10 Å². The first kappa shape index (κ1) is 21.3. The molecule has 0 fully saturated rings. The van der Waals surface area contributed by atoms with Crippen LogP contribution in [0.15, 0.2) is 76.4 Å².